The average molecular weight is 431 g/mol. The zero-order valence-electron chi connectivity index (χ0n) is 18.2. The van der Waals surface area contributed by atoms with Gasteiger partial charge in [-0.1, -0.05) is 31.5 Å². The minimum atomic E-state index is -0.404. The van der Waals surface area contributed by atoms with Crippen molar-refractivity contribution < 1.29 is 19.1 Å². The van der Waals surface area contributed by atoms with E-state index in [0.717, 1.165) is 29.7 Å². The Kier molecular flexibility index (Phi) is 8.15. The first-order valence-electron chi connectivity index (χ1n) is 10.5. The van der Waals surface area contributed by atoms with E-state index in [2.05, 4.69) is 17.5 Å². The lowest BCUT2D eigenvalue weighted by Gasteiger charge is -2.07. The number of nitrogens with zero attached hydrogens (tertiary/aromatic N) is 1. The van der Waals surface area contributed by atoms with E-state index in [1.165, 1.54) is 6.21 Å². The molecule has 0 bridgehead atoms. The van der Waals surface area contributed by atoms with E-state index in [1.54, 1.807) is 60.7 Å². The van der Waals surface area contributed by atoms with Crippen LogP contribution in [0.25, 0.3) is 0 Å². The Bertz CT molecular complexity index is 1070. The fourth-order valence-corrected chi connectivity index (χ4v) is 2.85. The topological polar surface area (TPSA) is 77.0 Å². The maximum Gasteiger partial charge on any atom is 0.343 e. The van der Waals surface area contributed by atoms with Gasteiger partial charge in [-0.25, -0.2) is 10.2 Å². The molecule has 0 unspecified atom stereocenters. The van der Waals surface area contributed by atoms with E-state index in [-0.39, 0.29) is 5.91 Å². The highest BCUT2D eigenvalue weighted by molar-refractivity contribution is 5.95. The molecule has 0 saturated carbocycles. The summed E-state index contributed by atoms with van der Waals surface area (Å²) in [6.07, 6.45) is 3.58. The lowest BCUT2D eigenvalue weighted by atomic mass is 10.1. The van der Waals surface area contributed by atoms with Gasteiger partial charge in [0.15, 0.2) is 0 Å². The van der Waals surface area contributed by atoms with Crippen molar-refractivity contribution in [3.05, 3.63) is 95.1 Å². The molecule has 3 rings (SSSR count). The number of hydrogen-bond donors (Lipinski definition) is 1. The molecule has 164 valence electrons. The van der Waals surface area contributed by atoms with Crippen molar-refractivity contribution >= 4 is 18.1 Å². The molecule has 0 aliphatic rings. The molecule has 0 heterocycles. The highest BCUT2D eigenvalue weighted by atomic mass is 16.5. The molecule has 0 fully saturated rings. The molecule has 3 aromatic rings. The van der Waals surface area contributed by atoms with Gasteiger partial charge >= 0.3 is 5.97 Å². The van der Waals surface area contributed by atoms with Gasteiger partial charge in [-0.3, -0.25) is 4.79 Å². The summed E-state index contributed by atoms with van der Waals surface area (Å²) in [5.74, 6) is 0.450. The van der Waals surface area contributed by atoms with Crippen molar-refractivity contribution in [3.63, 3.8) is 0 Å². The van der Waals surface area contributed by atoms with Gasteiger partial charge in [-0.2, -0.15) is 5.10 Å². The lowest BCUT2D eigenvalue weighted by Crippen LogP contribution is -2.17. The number of esters is 1. The second kappa shape index (κ2) is 11.5. The SMILES string of the molecule is CCCCOc1ccc(C(=O)N/N=C/c2ccc(OC(=O)c3ccccc3C)cc2)cc1. The molecule has 0 atom stereocenters. The second-order valence-corrected chi connectivity index (χ2v) is 7.20. The number of carbonyl (C=O) groups excluding carboxylic acids is 2. The maximum absolute atomic E-state index is 12.3. The van der Waals surface area contributed by atoms with Crippen LogP contribution in [0, 0.1) is 6.92 Å². The smallest absolute Gasteiger partial charge is 0.343 e. The van der Waals surface area contributed by atoms with Crippen LogP contribution in [0.2, 0.25) is 0 Å². The molecule has 6 heteroatoms. The van der Waals surface area contributed by atoms with Crippen LogP contribution in [-0.2, 0) is 0 Å². The standard InChI is InChI=1S/C26H26N2O4/c1-3-4-17-31-22-15-11-21(12-16-22)25(29)28-27-18-20-9-13-23(14-10-20)32-26(30)24-8-6-5-7-19(24)2/h5-16,18H,3-4,17H2,1-2H3,(H,28,29)/b27-18+. The van der Waals surface area contributed by atoms with Crippen molar-refractivity contribution in [2.24, 2.45) is 5.10 Å². The first-order chi connectivity index (χ1) is 15.6. The number of carbonyl (C=O) groups is 2. The molecule has 0 radical (unpaired) electrons. The summed E-state index contributed by atoms with van der Waals surface area (Å²) in [6, 6.07) is 21.0. The normalized spacial score (nSPS) is 10.7. The van der Waals surface area contributed by atoms with Crippen molar-refractivity contribution in [1.82, 2.24) is 5.43 Å². The van der Waals surface area contributed by atoms with Crippen LogP contribution in [0.5, 0.6) is 11.5 Å². The molecule has 0 aliphatic carbocycles. The third kappa shape index (κ3) is 6.54. The van der Waals surface area contributed by atoms with Gasteiger partial charge in [0.05, 0.1) is 18.4 Å². The van der Waals surface area contributed by atoms with Gasteiger partial charge in [-0.05, 0) is 79.1 Å². The predicted octanol–water partition coefficient (Wildman–Crippen LogP) is 5.16. The number of unbranched alkanes of at least 4 members (excludes halogenated alkanes) is 1. The summed E-state index contributed by atoms with van der Waals surface area (Å²) in [5.41, 5.74) is 5.12. The van der Waals surface area contributed by atoms with Gasteiger partial charge in [0, 0.05) is 5.56 Å². The molecule has 3 aromatic carbocycles. The number of ether oxygens (including phenoxy) is 2. The number of amides is 1. The highest BCUT2D eigenvalue weighted by Gasteiger charge is 2.10. The van der Waals surface area contributed by atoms with Gasteiger partial charge in [-0.15, -0.1) is 0 Å². The Labute approximate surface area is 187 Å². The van der Waals surface area contributed by atoms with Crippen molar-refractivity contribution in [1.29, 1.82) is 0 Å². The molecule has 1 N–H and O–H groups in total. The maximum atomic E-state index is 12.3. The largest absolute Gasteiger partial charge is 0.494 e. The van der Waals surface area contributed by atoms with Gasteiger partial charge < -0.3 is 9.47 Å². The molecule has 32 heavy (non-hydrogen) atoms. The summed E-state index contributed by atoms with van der Waals surface area (Å²) >= 11 is 0. The zero-order chi connectivity index (χ0) is 22.8. The van der Waals surface area contributed by atoms with Crippen LogP contribution < -0.4 is 14.9 Å². The van der Waals surface area contributed by atoms with E-state index < -0.39 is 5.97 Å². The van der Waals surface area contributed by atoms with Gasteiger partial charge in [0.25, 0.3) is 5.91 Å². The number of rotatable bonds is 9. The number of benzene rings is 3. The third-order valence-electron chi connectivity index (χ3n) is 4.72. The Balaban J connectivity index is 1.50. The molecule has 1 amide bonds. The fraction of sp³-hybridized carbons (Fsp3) is 0.192. The minimum Gasteiger partial charge on any atom is -0.494 e. The quantitative estimate of drug-likeness (QED) is 0.167. The van der Waals surface area contributed by atoms with Crippen LogP contribution in [0.3, 0.4) is 0 Å². The number of hydrazone groups is 1. The molecular weight excluding hydrogens is 404 g/mol. The second-order valence-electron chi connectivity index (χ2n) is 7.20. The lowest BCUT2D eigenvalue weighted by molar-refractivity contribution is 0.0733. The first kappa shape index (κ1) is 22.7. The molecule has 6 nitrogen and oxygen atoms in total. The predicted molar refractivity (Wildman–Crippen MR) is 124 cm³/mol. The van der Waals surface area contributed by atoms with E-state index >= 15 is 0 Å². The minimum absolute atomic E-state index is 0.315. The Morgan fingerprint density at radius 1 is 0.938 bits per heavy atom. The molecule has 0 aliphatic heterocycles. The summed E-state index contributed by atoms with van der Waals surface area (Å²) in [5, 5.41) is 3.99. The molecule has 0 spiro atoms. The Morgan fingerprint density at radius 2 is 1.62 bits per heavy atom. The van der Waals surface area contributed by atoms with E-state index in [1.807, 2.05) is 19.1 Å². The van der Waals surface area contributed by atoms with E-state index in [4.69, 9.17) is 9.47 Å². The monoisotopic (exact) mass is 430 g/mol. The number of nitrogens with one attached hydrogen (secondary N) is 1. The molecule has 0 saturated heterocycles. The van der Waals surface area contributed by atoms with Crippen LogP contribution >= 0.6 is 0 Å². The van der Waals surface area contributed by atoms with Crippen LogP contribution in [0.4, 0.5) is 0 Å². The highest BCUT2D eigenvalue weighted by Crippen LogP contribution is 2.16. The third-order valence-corrected chi connectivity index (χ3v) is 4.72. The van der Waals surface area contributed by atoms with Crippen LogP contribution in [-0.4, -0.2) is 24.7 Å². The van der Waals surface area contributed by atoms with Crippen molar-refractivity contribution in [2.45, 2.75) is 26.7 Å². The summed E-state index contributed by atoms with van der Waals surface area (Å²) in [7, 11) is 0. The van der Waals surface area contributed by atoms with Crippen LogP contribution in [0.15, 0.2) is 77.9 Å². The van der Waals surface area contributed by atoms with Crippen molar-refractivity contribution in [3.8, 4) is 11.5 Å². The summed E-state index contributed by atoms with van der Waals surface area (Å²) in [6.45, 7) is 4.63. The molecule has 0 aromatic heterocycles. The summed E-state index contributed by atoms with van der Waals surface area (Å²) < 4.78 is 11.0. The Hall–Kier alpha value is -3.93. The van der Waals surface area contributed by atoms with E-state index in [0.29, 0.717) is 23.5 Å². The number of hydrogen-bond acceptors (Lipinski definition) is 5. The molecular formula is C26H26N2O4. The van der Waals surface area contributed by atoms with Crippen molar-refractivity contribution in [2.75, 3.05) is 6.61 Å². The Morgan fingerprint density at radius 3 is 2.31 bits per heavy atom. The fourth-order valence-electron chi connectivity index (χ4n) is 2.85. The van der Waals surface area contributed by atoms with E-state index in [9.17, 15) is 9.59 Å². The van der Waals surface area contributed by atoms with Gasteiger partial charge in [0.2, 0.25) is 0 Å². The van der Waals surface area contributed by atoms with Crippen LogP contribution in [0.1, 0.15) is 51.6 Å². The number of aryl methyl sites for hydroxylation is 1. The zero-order valence-corrected chi connectivity index (χ0v) is 18.2. The first-order valence-corrected chi connectivity index (χ1v) is 10.5. The van der Waals surface area contributed by atoms with Gasteiger partial charge in [0.1, 0.15) is 11.5 Å². The summed E-state index contributed by atoms with van der Waals surface area (Å²) in [4.78, 5) is 24.5. The average Bonchev–Trinajstić information content (AvgIpc) is 2.81.